The summed E-state index contributed by atoms with van der Waals surface area (Å²) in [6.07, 6.45) is 0. The lowest BCUT2D eigenvalue weighted by Crippen LogP contribution is -2.55. The number of hydrogen-bond donors (Lipinski definition) is 1. The van der Waals surface area contributed by atoms with Crippen LogP contribution in [0.4, 0.5) is 0 Å². The number of benzene rings is 1. The van der Waals surface area contributed by atoms with Crippen LogP contribution in [0, 0.1) is 0 Å². The summed E-state index contributed by atoms with van der Waals surface area (Å²) in [7, 11) is -1.96. The lowest BCUT2D eigenvalue weighted by Gasteiger charge is -2.28. The van der Waals surface area contributed by atoms with E-state index in [2.05, 4.69) is 43.9 Å². The fourth-order valence-corrected chi connectivity index (χ4v) is 10.5. The van der Waals surface area contributed by atoms with E-state index >= 15 is 0 Å². The molecule has 0 bridgehead atoms. The van der Waals surface area contributed by atoms with Crippen molar-refractivity contribution in [1.82, 2.24) is 4.65 Å². The van der Waals surface area contributed by atoms with Crippen molar-refractivity contribution in [3.8, 4) is 0 Å². The highest BCUT2D eigenvalue weighted by molar-refractivity contribution is 6.90. The fourth-order valence-electron chi connectivity index (χ4n) is 1.51. The first-order chi connectivity index (χ1) is 6.71. The lowest BCUT2D eigenvalue weighted by molar-refractivity contribution is 1.30. The van der Waals surface area contributed by atoms with Crippen LogP contribution >= 0.6 is 0 Å². The Labute approximate surface area is 97.1 Å². The van der Waals surface area contributed by atoms with Gasteiger partial charge in [-0.3, -0.25) is 0 Å². The van der Waals surface area contributed by atoms with Crippen molar-refractivity contribution in [2.75, 3.05) is 0 Å². The van der Waals surface area contributed by atoms with Gasteiger partial charge in [-0.2, -0.15) is 0 Å². The highest BCUT2D eigenvalue weighted by Crippen LogP contribution is 2.02. The molecule has 1 nitrogen and oxygen atoms in total. The van der Waals surface area contributed by atoms with Gasteiger partial charge in [0.1, 0.15) is 16.5 Å². The summed E-state index contributed by atoms with van der Waals surface area (Å²) in [6.45, 7) is 14.1. The topological polar surface area (TPSA) is 12.0 Å². The zero-order valence-electron chi connectivity index (χ0n) is 11.0. The monoisotopic (exact) mass is 239 g/mol. The molecule has 0 aliphatic rings. The van der Waals surface area contributed by atoms with Crippen molar-refractivity contribution in [2.24, 2.45) is 0 Å². The van der Waals surface area contributed by atoms with Crippen molar-refractivity contribution in [3.05, 3.63) is 36.4 Å². The molecule has 1 rings (SSSR count). The molecule has 1 aromatic carbocycles. The van der Waals surface area contributed by atoms with Gasteiger partial charge in [0.2, 0.25) is 0 Å². The molecule has 0 unspecified atom stereocenters. The Balaban J connectivity index is 0.000000280. The summed E-state index contributed by atoms with van der Waals surface area (Å²) >= 11 is 0. The maximum Gasteiger partial charge on any atom is 0.109 e. The van der Waals surface area contributed by atoms with Crippen LogP contribution in [0.15, 0.2) is 36.4 Å². The molecule has 1 aromatic rings. The van der Waals surface area contributed by atoms with Crippen LogP contribution in [-0.2, 0) is 0 Å². The molecule has 0 saturated heterocycles. The van der Waals surface area contributed by atoms with Crippen LogP contribution in [0.5, 0.6) is 0 Å². The van der Waals surface area contributed by atoms with Crippen LogP contribution in [0.3, 0.4) is 0 Å². The first-order valence-corrected chi connectivity index (χ1v) is 12.5. The van der Waals surface area contributed by atoms with Gasteiger partial charge < -0.3 is 4.65 Å². The zero-order valence-corrected chi connectivity index (χ0v) is 13.0. The summed E-state index contributed by atoms with van der Waals surface area (Å²) in [6, 6.07) is 12.0. The van der Waals surface area contributed by atoms with Crippen molar-refractivity contribution < 1.29 is 0 Å². The molecule has 0 aliphatic heterocycles. The molecule has 3 heteroatoms. The van der Waals surface area contributed by atoms with E-state index < -0.39 is 16.5 Å². The first kappa shape index (κ1) is 14.6. The smallest absolute Gasteiger partial charge is 0.109 e. The van der Waals surface area contributed by atoms with E-state index in [1.807, 2.05) is 36.4 Å². The van der Waals surface area contributed by atoms with E-state index in [4.69, 9.17) is 0 Å². The second kappa shape index (κ2) is 6.25. The molecule has 0 saturated carbocycles. The first-order valence-electron chi connectivity index (χ1n) is 5.50. The third-order valence-electron chi connectivity index (χ3n) is 1.42. The van der Waals surface area contributed by atoms with Gasteiger partial charge in [-0.05, 0) is 0 Å². The summed E-state index contributed by atoms with van der Waals surface area (Å²) in [4.78, 5) is 0. The molecule has 0 radical (unpaired) electrons. The molecule has 86 valence electrons. The maximum atomic E-state index is 3.74. The molecular weight excluding hydrogens is 214 g/mol. The van der Waals surface area contributed by atoms with Crippen molar-refractivity contribution in [1.29, 1.82) is 0 Å². The Bertz CT molecular complexity index is 208. The number of nitrogens with one attached hydrogen (secondary N) is 1. The third-order valence-corrected chi connectivity index (χ3v) is 7.42. The zero-order chi connectivity index (χ0) is 11.9. The molecule has 0 spiro atoms. The van der Waals surface area contributed by atoms with Gasteiger partial charge in [0.15, 0.2) is 0 Å². The second-order valence-corrected chi connectivity index (χ2v) is 15.8. The van der Waals surface area contributed by atoms with E-state index in [1.165, 1.54) is 0 Å². The quantitative estimate of drug-likeness (QED) is 0.771. The van der Waals surface area contributed by atoms with Crippen molar-refractivity contribution in [3.63, 3.8) is 0 Å². The minimum absolute atomic E-state index is 0.981. The average Bonchev–Trinajstić information content (AvgIpc) is 2.01. The molecule has 0 fully saturated rings. The summed E-state index contributed by atoms with van der Waals surface area (Å²) < 4.78 is 3.74. The second-order valence-electron chi connectivity index (χ2n) is 5.78. The molecular formula is C12H25NSi2. The fraction of sp³-hybridized carbons (Fsp3) is 0.500. The predicted octanol–water partition coefficient (Wildman–Crippen LogP) is 3.93. The Hall–Kier alpha value is -0.386. The van der Waals surface area contributed by atoms with Crippen LogP contribution < -0.4 is 4.65 Å². The van der Waals surface area contributed by atoms with Gasteiger partial charge >= 0.3 is 0 Å². The molecule has 15 heavy (non-hydrogen) atoms. The Morgan fingerprint density at radius 3 is 0.800 bits per heavy atom. The predicted molar refractivity (Wildman–Crippen MR) is 76.3 cm³/mol. The minimum Gasteiger partial charge on any atom is -0.360 e. The molecule has 1 N–H and O–H groups in total. The third kappa shape index (κ3) is 13.6. The van der Waals surface area contributed by atoms with Crippen LogP contribution in [-0.4, -0.2) is 16.5 Å². The normalized spacial score (nSPS) is 11.6. The largest absolute Gasteiger partial charge is 0.360 e. The summed E-state index contributed by atoms with van der Waals surface area (Å²) in [5.41, 5.74) is 0. The van der Waals surface area contributed by atoms with Crippen molar-refractivity contribution >= 4 is 16.5 Å². The molecule has 0 amide bonds. The van der Waals surface area contributed by atoms with E-state index in [-0.39, 0.29) is 0 Å². The van der Waals surface area contributed by atoms with Gasteiger partial charge in [0.25, 0.3) is 0 Å². The highest BCUT2D eigenvalue weighted by Gasteiger charge is 2.22. The lowest BCUT2D eigenvalue weighted by atomic mass is 10.4. The van der Waals surface area contributed by atoms with Crippen molar-refractivity contribution in [2.45, 2.75) is 39.3 Å². The maximum absolute atomic E-state index is 3.74. The summed E-state index contributed by atoms with van der Waals surface area (Å²) in [5, 5.41) is 0. The van der Waals surface area contributed by atoms with Gasteiger partial charge in [-0.15, -0.1) is 0 Å². The van der Waals surface area contributed by atoms with Crippen LogP contribution in [0.2, 0.25) is 39.3 Å². The average molecular weight is 240 g/mol. The van der Waals surface area contributed by atoms with E-state index in [0.29, 0.717) is 0 Å². The number of rotatable bonds is 2. The standard InChI is InChI=1S/C6H19NSi2.C6H6/c1-8(2,3)7-9(4,5)6;1-2-4-6-5-3-1/h7H,1-6H3;1-6H. The van der Waals surface area contributed by atoms with E-state index in [0.717, 1.165) is 0 Å². The van der Waals surface area contributed by atoms with E-state index in [9.17, 15) is 0 Å². The minimum atomic E-state index is -0.981. The van der Waals surface area contributed by atoms with Gasteiger partial charge in [-0.1, -0.05) is 75.7 Å². The molecule has 0 heterocycles. The highest BCUT2D eigenvalue weighted by atomic mass is 28.4. The van der Waals surface area contributed by atoms with Crippen LogP contribution in [0.1, 0.15) is 0 Å². The molecule has 0 aromatic heterocycles. The summed E-state index contributed by atoms with van der Waals surface area (Å²) in [5.74, 6) is 0. The Morgan fingerprint density at radius 2 is 0.733 bits per heavy atom. The Kier molecular flexibility index (Phi) is 6.09. The molecule has 0 aliphatic carbocycles. The van der Waals surface area contributed by atoms with Crippen LogP contribution in [0.25, 0.3) is 0 Å². The number of hydrogen-bond acceptors (Lipinski definition) is 1. The van der Waals surface area contributed by atoms with E-state index in [1.54, 1.807) is 0 Å². The van der Waals surface area contributed by atoms with Gasteiger partial charge in [0, 0.05) is 0 Å². The SMILES string of the molecule is C[Si](C)(C)N[Si](C)(C)C.c1ccccc1. The molecule has 0 atom stereocenters. The van der Waals surface area contributed by atoms with Gasteiger partial charge in [0.05, 0.1) is 0 Å². The Morgan fingerprint density at radius 1 is 0.533 bits per heavy atom. The van der Waals surface area contributed by atoms with Gasteiger partial charge in [-0.25, -0.2) is 0 Å².